The molecule has 3 rings (SSSR count). The zero-order valence-corrected chi connectivity index (χ0v) is 15.8. The summed E-state index contributed by atoms with van der Waals surface area (Å²) in [7, 11) is 0. The van der Waals surface area contributed by atoms with E-state index in [1.54, 1.807) is 0 Å². The van der Waals surface area contributed by atoms with Crippen molar-refractivity contribution in [3.8, 4) is 0 Å². The number of aryl methyl sites for hydroxylation is 2. The monoisotopic (exact) mass is 347 g/mol. The number of aromatic nitrogens is 2. The zero-order chi connectivity index (χ0) is 18.7. The molecule has 0 radical (unpaired) electrons. The number of amides is 1. The Morgan fingerprint density at radius 2 is 1.81 bits per heavy atom. The summed E-state index contributed by atoms with van der Waals surface area (Å²) in [6.07, 6.45) is 0. The number of nitrogens with one attached hydrogen (secondary N) is 1. The number of hydrogen-bond acceptors (Lipinski definition) is 2. The maximum atomic E-state index is 12.6. The van der Waals surface area contributed by atoms with E-state index in [0.717, 1.165) is 11.4 Å². The molecule has 0 unspecified atom stereocenters. The van der Waals surface area contributed by atoms with Crippen LogP contribution in [0.1, 0.15) is 52.6 Å². The average Bonchev–Trinajstić information content (AvgIpc) is 2.98. The van der Waals surface area contributed by atoms with Crippen LogP contribution in [0.2, 0.25) is 0 Å². The van der Waals surface area contributed by atoms with Gasteiger partial charge in [0.2, 0.25) is 0 Å². The van der Waals surface area contributed by atoms with Crippen LogP contribution in [0, 0.1) is 13.8 Å². The van der Waals surface area contributed by atoms with Crippen molar-refractivity contribution in [2.24, 2.45) is 0 Å². The lowest BCUT2D eigenvalue weighted by molar-refractivity contribution is 0.102. The Balaban J connectivity index is 1.74. The van der Waals surface area contributed by atoms with Gasteiger partial charge in [0.15, 0.2) is 5.69 Å². The zero-order valence-electron chi connectivity index (χ0n) is 15.8. The lowest BCUT2D eigenvalue weighted by atomic mass is 10.0. The second-order valence-electron chi connectivity index (χ2n) is 7.05. The molecule has 4 nitrogen and oxygen atoms in total. The molecular weight excluding hydrogens is 322 g/mol. The van der Waals surface area contributed by atoms with Gasteiger partial charge in [-0.25, -0.2) is 0 Å². The van der Waals surface area contributed by atoms with Crippen molar-refractivity contribution in [1.82, 2.24) is 9.78 Å². The number of rotatable bonds is 5. The maximum Gasteiger partial charge on any atom is 0.276 e. The minimum Gasteiger partial charge on any atom is -0.321 e. The minimum absolute atomic E-state index is 0.184. The van der Waals surface area contributed by atoms with Crippen molar-refractivity contribution in [2.45, 2.75) is 40.2 Å². The SMILES string of the molecule is Cc1ccc(Cn2nc(C(=O)Nc3cccc(C(C)C)c3)cc2C)cc1. The van der Waals surface area contributed by atoms with Gasteiger partial charge < -0.3 is 5.32 Å². The van der Waals surface area contributed by atoms with Crippen molar-refractivity contribution in [3.05, 3.63) is 82.7 Å². The van der Waals surface area contributed by atoms with E-state index in [1.807, 2.05) is 35.9 Å². The molecule has 0 aliphatic carbocycles. The molecule has 0 spiro atoms. The van der Waals surface area contributed by atoms with Gasteiger partial charge in [-0.2, -0.15) is 5.10 Å². The number of carbonyl (C=O) groups excluding carboxylic acids is 1. The molecule has 134 valence electrons. The lowest BCUT2D eigenvalue weighted by Gasteiger charge is -2.08. The molecule has 0 saturated carbocycles. The van der Waals surface area contributed by atoms with Crippen LogP contribution in [0.25, 0.3) is 0 Å². The van der Waals surface area contributed by atoms with Crippen molar-refractivity contribution < 1.29 is 4.79 Å². The highest BCUT2D eigenvalue weighted by molar-refractivity contribution is 6.02. The van der Waals surface area contributed by atoms with E-state index in [2.05, 4.69) is 61.5 Å². The van der Waals surface area contributed by atoms with Gasteiger partial charge in [-0.1, -0.05) is 55.8 Å². The molecule has 0 fully saturated rings. The first-order valence-corrected chi connectivity index (χ1v) is 8.93. The highest BCUT2D eigenvalue weighted by Gasteiger charge is 2.13. The van der Waals surface area contributed by atoms with Crippen LogP contribution in [-0.4, -0.2) is 15.7 Å². The van der Waals surface area contributed by atoms with Gasteiger partial charge in [0.05, 0.1) is 6.54 Å². The third kappa shape index (κ3) is 4.20. The summed E-state index contributed by atoms with van der Waals surface area (Å²) in [4.78, 5) is 12.6. The third-order valence-corrected chi connectivity index (χ3v) is 4.48. The minimum atomic E-state index is -0.184. The maximum absolute atomic E-state index is 12.6. The molecular formula is C22H25N3O. The summed E-state index contributed by atoms with van der Waals surface area (Å²) in [5.41, 5.74) is 5.79. The molecule has 1 amide bonds. The Labute approximate surface area is 154 Å². The van der Waals surface area contributed by atoms with Gasteiger partial charge >= 0.3 is 0 Å². The Bertz CT molecular complexity index is 907. The van der Waals surface area contributed by atoms with Crippen LogP contribution in [0.15, 0.2) is 54.6 Å². The second kappa shape index (κ2) is 7.56. The van der Waals surface area contributed by atoms with E-state index in [-0.39, 0.29) is 5.91 Å². The largest absolute Gasteiger partial charge is 0.321 e. The molecule has 1 aromatic heterocycles. The van der Waals surface area contributed by atoms with E-state index in [0.29, 0.717) is 18.2 Å². The molecule has 1 heterocycles. The van der Waals surface area contributed by atoms with Crippen LogP contribution in [0.5, 0.6) is 0 Å². The highest BCUT2D eigenvalue weighted by atomic mass is 16.1. The van der Waals surface area contributed by atoms with Crippen LogP contribution in [-0.2, 0) is 6.54 Å². The van der Waals surface area contributed by atoms with E-state index in [4.69, 9.17) is 0 Å². The van der Waals surface area contributed by atoms with Crippen molar-refractivity contribution in [3.63, 3.8) is 0 Å². The average molecular weight is 347 g/mol. The van der Waals surface area contributed by atoms with Gasteiger partial charge in [0.1, 0.15) is 0 Å². The molecule has 3 aromatic rings. The number of carbonyl (C=O) groups is 1. The van der Waals surface area contributed by atoms with Crippen molar-refractivity contribution in [2.75, 3.05) is 5.32 Å². The lowest BCUT2D eigenvalue weighted by Crippen LogP contribution is -2.14. The number of benzene rings is 2. The van der Waals surface area contributed by atoms with E-state index < -0.39 is 0 Å². The van der Waals surface area contributed by atoms with Crippen LogP contribution in [0.4, 0.5) is 5.69 Å². The molecule has 0 aliphatic heterocycles. The van der Waals surface area contributed by atoms with Gasteiger partial charge in [0.25, 0.3) is 5.91 Å². The highest BCUT2D eigenvalue weighted by Crippen LogP contribution is 2.19. The first-order valence-electron chi connectivity index (χ1n) is 8.93. The molecule has 0 atom stereocenters. The van der Waals surface area contributed by atoms with Gasteiger partial charge in [0, 0.05) is 11.4 Å². The summed E-state index contributed by atoms with van der Waals surface area (Å²) < 4.78 is 1.87. The number of anilines is 1. The predicted molar refractivity (Wildman–Crippen MR) is 106 cm³/mol. The fourth-order valence-electron chi connectivity index (χ4n) is 2.82. The molecule has 0 bridgehead atoms. The molecule has 0 aliphatic rings. The fourth-order valence-corrected chi connectivity index (χ4v) is 2.82. The Hall–Kier alpha value is -2.88. The summed E-state index contributed by atoms with van der Waals surface area (Å²) in [6.45, 7) is 8.97. The van der Waals surface area contributed by atoms with Crippen LogP contribution in [0.3, 0.4) is 0 Å². The summed E-state index contributed by atoms with van der Waals surface area (Å²) in [6, 6.07) is 18.1. The topological polar surface area (TPSA) is 46.9 Å². The Morgan fingerprint density at radius 1 is 1.08 bits per heavy atom. The summed E-state index contributed by atoms with van der Waals surface area (Å²) in [5, 5.41) is 7.44. The molecule has 1 N–H and O–H groups in total. The smallest absolute Gasteiger partial charge is 0.276 e. The summed E-state index contributed by atoms with van der Waals surface area (Å²) in [5.74, 6) is 0.236. The van der Waals surface area contributed by atoms with Crippen LogP contribution >= 0.6 is 0 Å². The quantitative estimate of drug-likeness (QED) is 0.712. The molecule has 4 heteroatoms. The Morgan fingerprint density at radius 3 is 2.50 bits per heavy atom. The first kappa shape index (κ1) is 17.9. The normalized spacial score (nSPS) is 11.0. The number of nitrogens with zero attached hydrogens (tertiary/aromatic N) is 2. The molecule has 2 aromatic carbocycles. The third-order valence-electron chi connectivity index (χ3n) is 4.48. The van der Waals surface area contributed by atoms with Crippen molar-refractivity contribution >= 4 is 11.6 Å². The molecule has 0 saturated heterocycles. The molecule has 26 heavy (non-hydrogen) atoms. The van der Waals surface area contributed by atoms with Crippen LogP contribution < -0.4 is 5.32 Å². The van der Waals surface area contributed by atoms with E-state index in [9.17, 15) is 4.79 Å². The first-order chi connectivity index (χ1) is 12.4. The fraction of sp³-hybridized carbons (Fsp3) is 0.273. The van der Waals surface area contributed by atoms with E-state index in [1.165, 1.54) is 16.7 Å². The Kier molecular flexibility index (Phi) is 5.21. The standard InChI is InChI=1S/C22H25N3O/c1-15(2)19-6-5-7-20(13-19)23-22(26)21-12-17(4)25(24-21)14-18-10-8-16(3)9-11-18/h5-13,15H,14H2,1-4H3,(H,23,26). The van der Waals surface area contributed by atoms with E-state index >= 15 is 0 Å². The van der Waals surface area contributed by atoms with Gasteiger partial charge in [-0.3, -0.25) is 9.48 Å². The van der Waals surface area contributed by atoms with Gasteiger partial charge in [-0.05, 0) is 49.1 Å². The van der Waals surface area contributed by atoms with Gasteiger partial charge in [-0.15, -0.1) is 0 Å². The second-order valence-corrected chi connectivity index (χ2v) is 7.05. The van der Waals surface area contributed by atoms with Crippen molar-refractivity contribution in [1.29, 1.82) is 0 Å². The number of hydrogen-bond donors (Lipinski definition) is 1. The summed E-state index contributed by atoms with van der Waals surface area (Å²) >= 11 is 0. The predicted octanol–water partition coefficient (Wildman–Crippen LogP) is 4.92.